The van der Waals surface area contributed by atoms with E-state index in [2.05, 4.69) is 10.5 Å². The molecular formula is C13H9N3O2. The maximum atomic E-state index is 10.6. The molecule has 2 aromatic carbocycles. The molecule has 0 atom stereocenters. The number of fused-ring (bicyclic) bond motifs is 1. The molecule has 2 rings (SSSR count). The van der Waals surface area contributed by atoms with Crippen LogP contribution >= 0.6 is 0 Å². The molecule has 0 saturated carbocycles. The first-order valence-corrected chi connectivity index (χ1v) is 5.17. The monoisotopic (exact) mass is 239 g/mol. The molecule has 0 spiro atoms. The molecular weight excluding hydrogens is 230 g/mol. The number of nitrogens with one attached hydrogen (secondary N) is 1. The van der Waals surface area contributed by atoms with Gasteiger partial charge in [0.05, 0.1) is 5.69 Å². The minimum absolute atomic E-state index is 0.581. The van der Waals surface area contributed by atoms with Gasteiger partial charge in [0.15, 0.2) is 0 Å². The Labute approximate surface area is 103 Å². The van der Waals surface area contributed by atoms with Gasteiger partial charge in [-0.25, -0.2) is 4.79 Å². The van der Waals surface area contributed by atoms with Crippen LogP contribution in [-0.4, -0.2) is 16.8 Å². The third-order valence-electron chi connectivity index (χ3n) is 2.39. The number of benzene rings is 2. The third-order valence-corrected chi connectivity index (χ3v) is 2.39. The van der Waals surface area contributed by atoms with Crippen molar-refractivity contribution in [1.82, 2.24) is 0 Å². The molecule has 0 aliphatic rings. The van der Waals surface area contributed by atoms with Crippen molar-refractivity contribution in [3.8, 4) is 6.07 Å². The van der Waals surface area contributed by atoms with Crippen LogP contribution in [-0.2, 0) is 4.79 Å². The lowest BCUT2D eigenvalue weighted by Gasteiger charge is -2.05. The summed E-state index contributed by atoms with van der Waals surface area (Å²) in [6, 6.07) is 14.6. The standard InChI is InChI=1S/C13H9N3O2/c14-8-12(13(17)18)16-15-11-7-3-5-9-4-1-2-6-10(9)11/h1-7,15H,(H,17,18). The van der Waals surface area contributed by atoms with Gasteiger partial charge < -0.3 is 5.11 Å². The summed E-state index contributed by atoms with van der Waals surface area (Å²) in [5.74, 6) is -1.36. The molecule has 0 unspecified atom stereocenters. The minimum atomic E-state index is -1.36. The molecule has 18 heavy (non-hydrogen) atoms. The Morgan fingerprint density at radius 1 is 1.22 bits per heavy atom. The largest absolute Gasteiger partial charge is 0.476 e. The fourth-order valence-corrected chi connectivity index (χ4v) is 1.56. The van der Waals surface area contributed by atoms with Crippen molar-refractivity contribution in [3.05, 3.63) is 42.5 Å². The minimum Gasteiger partial charge on any atom is -0.476 e. The van der Waals surface area contributed by atoms with Crippen LogP contribution in [0.25, 0.3) is 10.8 Å². The van der Waals surface area contributed by atoms with Crippen molar-refractivity contribution in [1.29, 1.82) is 5.26 Å². The second kappa shape index (κ2) is 4.97. The lowest BCUT2D eigenvalue weighted by Crippen LogP contribution is -2.12. The number of carbonyl (C=O) groups is 1. The Morgan fingerprint density at radius 2 is 1.94 bits per heavy atom. The summed E-state index contributed by atoms with van der Waals surface area (Å²) in [5.41, 5.74) is 2.68. The summed E-state index contributed by atoms with van der Waals surface area (Å²) in [6.07, 6.45) is 0. The molecule has 0 aliphatic carbocycles. The van der Waals surface area contributed by atoms with Gasteiger partial charge in [-0.2, -0.15) is 10.4 Å². The van der Waals surface area contributed by atoms with Crippen molar-refractivity contribution >= 4 is 28.1 Å². The highest BCUT2D eigenvalue weighted by molar-refractivity contribution is 6.42. The molecule has 2 aromatic rings. The fraction of sp³-hybridized carbons (Fsp3) is 0. The number of hydrogen-bond donors (Lipinski definition) is 2. The lowest BCUT2D eigenvalue weighted by molar-refractivity contribution is -0.129. The number of carboxylic acids is 1. The Balaban J connectivity index is 2.39. The number of rotatable bonds is 3. The zero-order valence-electron chi connectivity index (χ0n) is 9.29. The molecule has 0 amide bonds. The van der Waals surface area contributed by atoms with Gasteiger partial charge >= 0.3 is 5.97 Å². The molecule has 2 N–H and O–H groups in total. The van der Waals surface area contributed by atoms with Crippen LogP contribution in [0.4, 0.5) is 5.69 Å². The van der Waals surface area contributed by atoms with Gasteiger partial charge in [-0.15, -0.1) is 0 Å². The van der Waals surface area contributed by atoms with Crippen LogP contribution < -0.4 is 5.43 Å². The average molecular weight is 239 g/mol. The molecule has 0 radical (unpaired) electrons. The Kier molecular flexibility index (Phi) is 3.21. The van der Waals surface area contributed by atoms with Crippen molar-refractivity contribution < 1.29 is 9.90 Å². The summed E-state index contributed by atoms with van der Waals surface area (Å²) < 4.78 is 0. The number of nitrogens with zero attached hydrogens (tertiary/aromatic N) is 2. The van der Waals surface area contributed by atoms with Crippen molar-refractivity contribution in [2.45, 2.75) is 0 Å². The molecule has 5 nitrogen and oxygen atoms in total. The van der Waals surface area contributed by atoms with E-state index in [1.807, 2.05) is 36.4 Å². The number of carboxylic acid groups (broad SMARTS) is 1. The van der Waals surface area contributed by atoms with E-state index in [4.69, 9.17) is 10.4 Å². The molecule has 5 heteroatoms. The summed E-state index contributed by atoms with van der Waals surface area (Å²) in [4.78, 5) is 10.6. The van der Waals surface area contributed by atoms with Crippen molar-refractivity contribution in [2.24, 2.45) is 5.10 Å². The number of nitriles is 1. The molecule has 0 aromatic heterocycles. The topological polar surface area (TPSA) is 85.5 Å². The van der Waals surface area contributed by atoms with Crippen LogP contribution in [0.1, 0.15) is 0 Å². The molecule has 0 fully saturated rings. The SMILES string of the molecule is N#CC(=NNc1cccc2ccccc12)C(=O)O. The van der Waals surface area contributed by atoms with Crippen molar-refractivity contribution in [3.63, 3.8) is 0 Å². The fourth-order valence-electron chi connectivity index (χ4n) is 1.56. The van der Waals surface area contributed by atoms with Crippen LogP contribution in [0.5, 0.6) is 0 Å². The zero-order chi connectivity index (χ0) is 13.0. The van der Waals surface area contributed by atoms with Crippen LogP contribution in [0.2, 0.25) is 0 Å². The summed E-state index contributed by atoms with van der Waals surface area (Å²) in [5, 5.41) is 22.7. The molecule has 0 bridgehead atoms. The van der Waals surface area contributed by atoms with Gasteiger partial charge in [-0.05, 0) is 11.5 Å². The van der Waals surface area contributed by atoms with E-state index in [0.717, 1.165) is 10.8 Å². The molecule has 0 saturated heterocycles. The van der Waals surface area contributed by atoms with E-state index in [1.165, 1.54) is 6.07 Å². The van der Waals surface area contributed by atoms with Crippen LogP contribution in [0.15, 0.2) is 47.6 Å². The van der Waals surface area contributed by atoms with Gasteiger partial charge in [0.25, 0.3) is 0 Å². The summed E-state index contributed by atoms with van der Waals surface area (Å²) in [6.45, 7) is 0. The molecule has 88 valence electrons. The van der Waals surface area contributed by atoms with E-state index < -0.39 is 11.7 Å². The number of anilines is 1. The Morgan fingerprint density at radius 3 is 2.67 bits per heavy atom. The second-order valence-corrected chi connectivity index (χ2v) is 3.52. The first kappa shape index (κ1) is 11.6. The van der Waals surface area contributed by atoms with Gasteiger partial charge in [0, 0.05) is 5.39 Å². The number of hydrogen-bond acceptors (Lipinski definition) is 4. The normalized spacial score (nSPS) is 10.9. The lowest BCUT2D eigenvalue weighted by atomic mass is 10.1. The second-order valence-electron chi connectivity index (χ2n) is 3.52. The summed E-state index contributed by atoms with van der Waals surface area (Å²) in [7, 11) is 0. The highest BCUT2D eigenvalue weighted by Gasteiger charge is 2.07. The molecule has 0 heterocycles. The highest BCUT2D eigenvalue weighted by atomic mass is 16.4. The van der Waals surface area contributed by atoms with E-state index >= 15 is 0 Å². The van der Waals surface area contributed by atoms with Crippen molar-refractivity contribution in [2.75, 3.05) is 5.43 Å². The van der Waals surface area contributed by atoms with Crippen LogP contribution in [0, 0.1) is 11.3 Å². The first-order chi connectivity index (χ1) is 8.72. The number of aliphatic carboxylic acids is 1. The van der Waals surface area contributed by atoms with Gasteiger partial charge in [-0.3, -0.25) is 5.43 Å². The average Bonchev–Trinajstić information content (AvgIpc) is 2.39. The zero-order valence-corrected chi connectivity index (χ0v) is 9.29. The summed E-state index contributed by atoms with van der Waals surface area (Å²) >= 11 is 0. The van der Waals surface area contributed by atoms with E-state index in [9.17, 15) is 4.79 Å². The van der Waals surface area contributed by atoms with E-state index in [0.29, 0.717) is 5.69 Å². The predicted octanol–water partition coefficient (Wildman–Crippen LogP) is 2.22. The number of hydrazone groups is 1. The highest BCUT2D eigenvalue weighted by Crippen LogP contribution is 2.22. The van der Waals surface area contributed by atoms with Crippen LogP contribution in [0.3, 0.4) is 0 Å². The van der Waals surface area contributed by atoms with E-state index in [1.54, 1.807) is 6.07 Å². The first-order valence-electron chi connectivity index (χ1n) is 5.17. The predicted molar refractivity (Wildman–Crippen MR) is 68.3 cm³/mol. The smallest absolute Gasteiger partial charge is 0.367 e. The molecule has 0 aliphatic heterocycles. The van der Waals surface area contributed by atoms with Gasteiger partial charge in [-0.1, -0.05) is 36.4 Å². The Bertz CT molecular complexity index is 666. The van der Waals surface area contributed by atoms with E-state index in [-0.39, 0.29) is 0 Å². The maximum Gasteiger partial charge on any atom is 0.367 e. The maximum absolute atomic E-state index is 10.6. The Hall–Kier alpha value is -2.87. The quantitative estimate of drug-likeness (QED) is 0.635. The van der Waals surface area contributed by atoms with Gasteiger partial charge in [0.2, 0.25) is 5.71 Å². The van der Waals surface area contributed by atoms with Gasteiger partial charge in [0.1, 0.15) is 6.07 Å². The third kappa shape index (κ3) is 2.28.